The predicted molar refractivity (Wildman–Crippen MR) is 284 cm³/mol. The first-order chi connectivity index (χ1) is 32.5. The number of nitrogens with zero attached hydrogens (tertiary/aromatic N) is 5. The Morgan fingerprint density at radius 1 is 0.373 bits per heavy atom. The van der Waals surface area contributed by atoms with Gasteiger partial charge >= 0.3 is 0 Å². The second kappa shape index (κ2) is 12.4. The molecule has 5 nitrogen and oxygen atoms in total. The summed E-state index contributed by atoms with van der Waals surface area (Å²) >= 11 is 0. The van der Waals surface area contributed by atoms with Gasteiger partial charge < -0.3 is 4.57 Å². The van der Waals surface area contributed by atoms with Crippen molar-refractivity contribution in [2.45, 2.75) is 52.4 Å². The van der Waals surface area contributed by atoms with E-state index in [0.29, 0.717) is 0 Å². The van der Waals surface area contributed by atoms with E-state index in [1.807, 2.05) is 0 Å². The van der Waals surface area contributed by atoms with Crippen LogP contribution in [0.5, 0.6) is 0 Å². The highest BCUT2D eigenvalue weighted by atomic mass is 15.1. The molecule has 15 aromatic rings. The van der Waals surface area contributed by atoms with E-state index in [-0.39, 0.29) is 10.8 Å². The van der Waals surface area contributed by atoms with Gasteiger partial charge in [-0.05, 0) is 122 Å². The maximum atomic E-state index is 5.93. The molecule has 0 aliphatic rings. The van der Waals surface area contributed by atoms with Crippen molar-refractivity contribution in [1.82, 2.24) is 23.3 Å². The Morgan fingerprint density at radius 3 is 1.72 bits per heavy atom. The van der Waals surface area contributed by atoms with Gasteiger partial charge in [-0.3, -0.25) is 8.80 Å². The number of rotatable bonds is 2. The van der Waals surface area contributed by atoms with E-state index in [9.17, 15) is 0 Å². The number of hydrogen-bond donors (Lipinski definition) is 0. The molecule has 67 heavy (non-hydrogen) atoms. The molecule has 0 radical (unpaired) electrons. The molecule has 0 aliphatic heterocycles. The zero-order valence-corrected chi connectivity index (χ0v) is 38.3. The van der Waals surface area contributed by atoms with Crippen LogP contribution in [0.3, 0.4) is 0 Å². The number of benzene rings is 9. The minimum atomic E-state index is -0.104. The van der Waals surface area contributed by atoms with E-state index in [0.717, 1.165) is 44.3 Å². The fourth-order valence-electron chi connectivity index (χ4n) is 11.8. The normalized spacial score (nSPS) is 13.2. The van der Waals surface area contributed by atoms with E-state index in [2.05, 4.69) is 219 Å². The van der Waals surface area contributed by atoms with Crippen LogP contribution in [0, 0.1) is 0 Å². The predicted octanol–water partition coefficient (Wildman–Crippen LogP) is 16.4. The molecule has 0 bridgehead atoms. The second-order valence-corrected chi connectivity index (χ2v) is 21.1. The molecule has 0 N–H and O–H groups in total. The first-order valence-corrected chi connectivity index (χ1v) is 23.6. The molecule has 0 unspecified atom stereocenters. The van der Waals surface area contributed by atoms with Crippen LogP contribution in [0.15, 0.2) is 164 Å². The minimum Gasteiger partial charge on any atom is -0.309 e. The SMILES string of the molecule is CC(C)(C)c1cc(-c2ccc3c(c2)c2ccccc2n3-c2ccccc2)c2c(c1)c1cc(C(C)(C)C)cc3c4nc5c(nc4n2c13)c1c2ccccc2cc2c3cc4ccccc4cc3n5c21. The average Bonchev–Trinajstić information content (AvgIpc) is 4.11. The molecule has 0 saturated carbocycles. The van der Waals surface area contributed by atoms with Crippen LogP contribution in [-0.2, 0) is 10.8 Å². The summed E-state index contributed by atoms with van der Waals surface area (Å²) in [6, 6.07) is 61.1. The van der Waals surface area contributed by atoms with Crippen molar-refractivity contribution in [3.63, 3.8) is 0 Å². The Labute approximate surface area is 385 Å². The maximum Gasteiger partial charge on any atom is 0.165 e. The van der Waals surface area contributed by atoms with Gasteiger partial charge in [0.2, 0.25) is 0 Å². The van der Waals surface area contributed by atoms with Gasteiger partial charge in [0.05, 0.1) is 33.1 Å². The number of hydrogen-bond acceptors (Lipinski definition) is 2. The molecular formula is C62H45N5. The highest BCUT2D eigenvalue weighted by molar-refractivity contribution is 6.32. The average molecular weight is 860 g/mol. The summed E-state index contributed by atoms with van der Waals surface area (Å²) in [5.74, 6) is 0. The molecule has 0 aliphatic carbocycles. The Balaban J connectivity index is 1.13. The Kier molecular flexibility index (Phi) is 6.92. The van der Waals surface area contributed by atoms with Crippen molar-refractivity contribution >= 4 is 120 Å². The third-order valence-corrected chi connectivity index (χ3v) is 15.1. The van der Waals surface area contributed by atoms with Crippen molar-refractivity contribution in [3.05, 3.63) is 175 Å². The Hall–Kier alpha value is -8.02. The molecule has 6 aromatic heterocycles. The molecule has 9 aromatic carbocycles. The van der Waals surface area contributed by atoms with Gasteiger partial charge in [0.25, 0.3) is 0 Å². The lowest BCUT2D eigenvalue weighted by molar-refractivity contribution is 0.591. The summed E-state index contributed by atoms with van der Waals surface area (Å²) in [5, 5.41) is 14.6. The van der Waals surface area contributed by atoms with Crippen LogP contribution < -0.4 is 0 Å². The monoisotopic (exact) mass is 859 g/mol. The van der Waals surface area contributed by atoms with Crippen molar-refractivity contribution in [2.24, 2.45) is 0 Å². The van der Waals surface area contributed by atoms with Crippen molar-refractivity contribution in [1.29, 1.82) is 0 Å². The molecule has 15 rings (SSSR count). The third-order valence-electron chi connectivity index (χ3n) is 15.1. The largest absolute Gasteiger partial charge is 0.309 e. The fourth-order valence-corrected chi connectivity index (χ4v) is 11.8. The third kappa shape index (κ3) is 4.83. The molecule has 0 spiro atoms. The highest BCUT2D eigenvalue weighted by Gasteiger charge is 2.30. The van der Waals surface area contributed by atoms with Gasteiger partial charge in [0.15, 0.2) is 11.3 Å². The van der Waals surface area contributed by atoms with Crippen LogP contribution >= 0.6 is 0 Å². The smallest absolute Gasteiger partial charge is 0.165 e. The highest BCUT2D eigenvalue weighted by Crippen LogP contribution is 2.49. The standard InChI is InChI=1S/C62H45N5/c1-61(2,3)38-30-43(37-24-25-51-44(27-37)42-22-14-15-23-50(42)65(51)40-19-8-7-9-20-40)56-47(31-38)48-32-39(62(4,5)6)33-49-54-59(67(56)57(48)49)64-55-53-41-21-13-12-18-36(41)28-46-45-26-34-16-10-11-17-35(34)29-52(45)66(58(46)53)60(55)63-54/h7-33H,1-6H3. The molecule has 318 valence electrons. The summed E-state index contributed by atoms with van der Waals surface area (Å²) in [6.07, 6.45) is 0. The molecule has 0 fully saturated rings. The quantitative estimate of drug-likeness (QED) is 0.174. The van der Waals surface area contributed by atoms with Gasteiger partial charge in [0.1, 0.15) is 11.0 Å². The molecule has 0 saturated heterocycles. The van der Waals surface area contributed by atoms with E-state index >= 15 is 0 Å². The summed E-state index contributed by atoms with van der Waals surface area (Å²) in [7, 11) is 0. The lowest BCUT2D eigenvalue weighted by Gasteiger charge is -2.21. The number of para-hydroxylation sites is 2. The van der Waals surface area contributed by atoms with Crippen LogP contribution in [0.1, 0.15) is 52.7 Å². The van der Waals surface area contributed by atoms with Gasteiger partial charge in [-0.2, -0.15) is 0 Å². The van der Waals surface area contributed by atoms with E-state index in [1.54, 1.807) is 0 Å². The van der Waals surface area contributed by atoms with E-state index < -0.39 is 0 Å². The second-order valence-electron chi connectivity index (χ2n) is 21.1. The summed E-state index contributed by atoms with van der Waals surface area (Å²) in [4.78, 5) is 11.8. The fraction of sp³-hybridized carbons (Fsp3) is 0.129. The number of aromatic nitrogens is 5. The van der Waals surface area contributed by atoms with Crippen LogP contribution in [0.4, 0.5) is 0 Å². The van der Waals surface area contributed by atoms with Gasteiger partial charge in [-0.25, -0.2) is 9.97 Å². The Bertz CT molecular complexity index is 4620. The first-order valence-electron chi connectivity index (χ1n) is 23.6. The Morgan fingerprint density at radius 2 is 0.940 bits per heavy atom. The lowest BCUT2D eigenvalue weighted by atomic mass is 9.83. The van der Waals surface area contributed by atoms with E-state index in [4.69, 9.17) is 9.97 Å². The molecule has 0 amide bonds. The maximum absolute atomic E-state index is 5.93. The van der Waals surface area contributed by atoms with Gasteiger partial charge in [0, 0.05) is 54.3 Å². The van der Waals surface area contributed by atoms with Crippen LogP contribution in [0.25, 0.3) is 137 Å². The summed E-state index contributed by atoms with van der Waals surface area (Å²) in [5.41, 5.74) is 16.7. The van der Waals surface area contributed by atoms with Crippen LogP contribution in [-0.4, -0.2) is 23.3 Å². The lowest BCUT2D eigenvalue weighted by Crippen LogP contribution is -2.11. The molecular weight excluding hydrogens is 815 g/mol. The van der Waals surface area contributed by atoms with Crippen molar-refractivity contribution in [2.75, 3.05) is 0 Å². The molecule has 0 atom stereocenters. The molecule has 6 heterocycles. The van der Waals surface area contributed by atoms with Crippen molar-refractivity contribution < 1.29 is 0 Å². The van der Waals surface area contributed by atoms with Crippen molar-refractivity contribution in [3.8, 4) is 16.8 Å². The summed E-state index contributed by atoms with van der Waals surface area (Å²) in [6.45, 7) is 14.0. The van der Waals surface area contributed by atoms with Gasteiger partial charge in [-0.1, -0.05) is 133 Å². The van der Waals surface area contributed by atoms with Gasteiger partial charge in [-0.15, -0.1) is 0 Å². The van der Waals surface area contributed by atoms with E-state index in [1.165, 1.54) is 104 Å². The first kappa shape index (κ1) is 37.2. The number of fused-ring (bicyclic) bond motifs is 18. The topological polar surface area (TPSA) is 39.5 Å². The molecule has 5 heteroatoms. The minimum absolute atomic E-state index is 0.0980. The van der Waals surface area contributed by atoms with Crippen LogP contribution in [0.2, 0.25) is 0 Å². The zero-order valence-electron chi connectivity index (χ0n) is 38.3. The summed E-state index contributed by atoms with van der Waals surface area (Å²) < 4.78 is 7.30. The zero-order chi connectivity index (χ0) is 44.8.